The van der Waals surface area contributed by atoms with Crippen LogP contribution in [0.25, 0.3) is 0 Å². The first-order valence-corrected chi connectivity index (χ1v) is 13.4. The number of rotatable bonds is 11. The fraction of sp³-hybridized carbons (Fsp3) is 0.286. The Morgan fingerprint density at radius 2 is 1.65 bits per heavy atom. The molecule has 0 saturated heterocycles. The van der Waals surface area contributed by atoms with Crippen molar-refractivity contribution in [2.45, 2.75) is 38.6 Å². The molecular weight excluding hydrogens is 508 g/mol. The van der Waals surface area contributed by atoms with E-state index >= 15 is 0 Å². The van der Waals surface area contributed by atoms with Crippen LogP contribution in [0, 0.1) is 6.92 Å². The summed E-state index contributed by atoms with van der Waals surface area (Å²) in [6.45, 7) is 4.86. The van der Waals surface area contributed by atoms with Crippen LogP contribution >= 0.6 is 27.7 Å². The molecule has 1 atom stereocenters. The van der Waals surface area contributed by atoms with Gasteiger partial charge < -0.3 is 10.2 Å². The molecule has 0 unspecified atom stereocenters. The second-order valence-electron chi connectivity index (χ2n) is 8.23. The van der Waals surface area contributed by atoms with Crippen LogP contribution in [-0.2, 0) is 28.3 Å². The van der Waals surface area contributed by atoms with Crippen LogP contribution in [0.4, 0.5) is 0 Å². The Balaban J connectivity index is 1.82. The molecule has 2 amide bonds. The van der Waals surface area contributed by atoms with E-state index in [9.17, 15) is 9.59 Å². The Kier molecular flexibility index (Phi) is 10.2. The molecule has 3 aromatic carbocycles. The van der Waals surface area contributed by atoms with E-state index in [2.05, 4.69) is 46.4 Å². The van der Waals surface area contributed by atoms with Crippen molar-refractivity contribution in [3.05, 3.63) is 106 Å². The second-order valence-corrected chi connectivity index (χ2v) is 10.1. The van der Waals surface area contributed by atoms with Gasteiger partial charge >= 0.3 is 0 Å². The standard InChI is InChI=1S/C28H31BrN2O2S/c1-3-30-28(33)26(17-22-10-5-4-6-11-22)31(18-23-12-8-14-25(29)16-23)27(32)20-34-19-24-13-7-9-21(2)15-24/h4-16,26H,3,17-20H2,1-2H3,(H,30,33)/t26-/m0/s1. The summed E-state index contributed by atoms with van der Waals surface area (Å²) in [5.74, 6) is 0.901. The highest BCUT2D eigenvalue weighted by atomic mass is 79.9. The van der Waals surface area contributed by atoms with Gasteiger partial charge in [-0.25, -0.2) is 0 Å². The van der Waals surface area contributed by atoms with Crippen LogP contribution in [0.5, 0.6) is 0 Å². The molecule has 34 heavy (non-hydrogen) atoms. The quantitative estimate of drug-likeness (QED) is 0.337. The van der Waals surface area contributed by atoms with E-state index in [-0.39, 0.29) is 11.8 Å². The number of nitrogens with zero attached hydrogens (tertiary/aromatic N) is 1. The summed E-state index contributed by atoms with van der Waals surface area (Å²) < 4.78 is 0.948. The minimum Gasteiger partial charge on any atom is -0.355 e. The largest absolute Gasteiger partial charge is 0.355 e. The number of hydrogen-bond donors (Lipinski definition) is 1. The zero-order valence-electron chi connectivity index (χ0n) is 19.7. The van der Waals surface area contributed by atoms with E-state index in [1.807, 2.05) is 67.6 Å². The fourth-order valence-electron chi connectivity index (χ4n) is 3.82. The van der Waals surface area contributed by atoms with E-state index in [0.29, 0.717) is 25.3 Å². The molecule has 0 aliphatic heterocycles. The molecule has 3 aromatic rings. The average Bonchev–Trinajstić information content (AvgIpc) is 2.82. The molecule has 0 spiro atoms. The predicted molar refractivity (Wildman–Crippen MR) is 145 cm³/mol. The Morgan fingerprint density at radius 3 is 2.35 bits per heavy atom. The molecule has 0 radical (unpaired) electrons. The third-order valence-corrected chi connectivity index (χ3v) is 6.92. The number of carbonyl (C=O) groups is 2. The van der Waals surface area contributed by atoms with Crippen LogP contribution < -0.4 is 5.32 Å². The lowest BCUT2D eigenvalue weighted by Gasteiger charge is -2.31. The molecular formula is C28H31BrN2O2S. The zero-order chi connectivity index (χ0) is 24.3. The molecule has 0 aromatic heterocycles. The summed E-state index contributed by atoms with van der Waals surface area (Å²) in [6.07, 6.45) is 0.467. The minimum absolute atomic E-state index is 0.0372. The van der Waals surface area contributed by atoms with E-state index < -0.39 is 6.04 Å². The molecule has 4 nitrogen and oxygen atoms in total. The minimum atomic E-state index is -0.589. The van der Waals surface area contributed by atoms with Gasteiger partial charge in [0.15, 0.2) is 0 Å². The third kappa shape index (κ3) is 8.03. The number of thioether (sulfide) groups is 1. The van der Waals surface area contributed by atoms with Gasteiger partial charge in [-0.1, -0.05) is 88.2 Å². The fourth-order valence-corrected chi connectivity index (χ4v) is 5.12. The average molecular weight is 540 g/mol. The number of likely N-dealkylation sites (N-methyl/N-ethyl adjacent to an activating group) is 1. The number of aryl methyl sites for hydroxylation is 1. The summed E-state index contributed by atoms with van der Waals surface area (Å²) in [4.78, 5) is 28.4. The highest BCUT2D eigenvalue weighted by Gasteiger charge is 2.30. The highest BCUT2D eigenvalue weighted by Crippen LogP contribution is 2.20. The predicted octanol–water partition coefficient (Wildman–Crippen LogP) is 5.77. The van der Waals surface area contributed by atoms with Crippen LogP contribution in [-0.4, -0.2) is 35.1 Å². The molecule has 0 saturated carbocycles. The number of hydrogen-bond acceptors (Lipinski definition) is 3. The summed E-state index contributed by atoms with van der Waals surface area (Å²) in [7, 11) is 0. The molecule has 0 aliphatic rings. The van der Waals surface area contributed by atoms with Gasteiger partial charge in [0.2, 0.25) is 11.8 Å². The number of halogens is 1. The van der Waals surface area contributed by atoms with Crippen molar-refractivity contribution in [2.24, 2.45) is 0 Å². The zero-order valence-corrected chi connectivity index (χ0v) is 22.1. The smallest absolute Gasteiger partial charge is 0.243 e. The van der Waals surface area contributed by atoms with E-state index in [4.69, 9.17) is 0 Å². The first-order valence-electron chi connectivity index (χ1n) is 11.4. The Bertz CT molecular complexity index is 1090. The van der Waals surface area contributed by atoms with Crippen molar-refractivity contribution >= 4 is 39.5 Å². The first kappa shape index (κ1) is 26.0. The molecule has 0 bridgehead atoms. The lowest BCUT2D eigenvalue weighted by molar-refractivity contribution is -0.139. The lowest BCUT2D eigenvalue weighted by atomic mass is 10.0. The van der Waals surface area contributed by atoms with Gasteiger partial charge in [-0.05, 0) is 42.7 Å². The lowest BCUT2D eigenvalue weighted by Crippen LogP contribution is -2.51. The van der Waals surface area contributed by atoms with Gasteiger partial charge in [0.05, 0.1) is 5.75 Å². The van der Waals surface area contributed by atoms with Gasteiger partial charge in [0, 0.05) is 29.7 Å². The third-order valence-electron chi connectivity index (χ3n) is 5.44. The maximum Gasteiger partial charge on any atom is 0.243 e. The van der Waals surface area contributed by atoms with Crippen LogP contribution in [0.3, 0.4) is 0 Å². The van der Waals surface area contributed by atoms with Crippen molar-refractivity contribution < 1.29 is 9.59 Å². The van der Waals surface area contributed by atoms with Crippen LogP contribution in [0.15, 0.2) is 83.3 Å². The second kappa shape index (κ2) is 13.4. The number of carbonyl (C=O) groups excluding carboxylic acids is 2. The highest BCUT2D eigenvalue weighted by molar-refractivity contribution is 9.10. The topological polar surface area (TPSA) is 49.4 Å². The van der Waals surface area contributed by atoms with Gasteiger partial charge in [0.1, 0.15) is 6.04 Å². The summed E-state index contributed by atoms with van der Waals surface area (Å²) in [6, 6.07) is 25.5. The van der Waals surface area contributed by atoms with Gasteiger partial charge in [-0.3, -0.25) is 9.59 Å². The maximum absolute atomic E-state index is 13.5. The van der Waals surface area contributed by atoms with Crippen LogP contribution in [0.1, 0.15) is 29.2 Å². The van der Waals surface area contributed by atoms with Crippen molar-refractivity contribution in [1.82, 2.24) is 10.2 Å². The van der Waals surface area contributed by atoms with Crippen molar-refractivity contribution in [3.8, 4) is 0 Å². The van der Waals surface area contributed by atoms with Crippen molar-refractivity contribution in [2.75, 3.05) is 12.3 Å². The summed E-state index contributed by atoms with van der Waals surface area (Å²) in [5.41, 5.74) is 4.41. The number of amides is 2. The van der Waals surface area contributed by atoms with Gasteiger partial charge in [0.25, 0.3) is 0 Å². The maximum atomic E-state index is 13.5. The first-order chi connectivity index (χ1) is 16.5. The normalized spacial score (nSPS) is 11.6. The van der Waals surface area contributed by atoms with Gasteiger partial charge in [-0.15, -0.1) is 11.8 Å². The molecule has 178 valence electrons. The molecule has 1 N–H and O–H groups in total. The molecule has 3 rings (SSSR count). The van der Waals surface area contributed by atoms with E-state index in [1.54, 1.807) is 16.7 Å². The molecule has 0 aliphatic carbocycles. The summed E-state index contributed by atoms with van der Waals surface area (Å²) in [5, 5.41) is 2.94. The van der Waals surface area contributed by atoms with Gasteiger partial charge in [-0.2, -0.15) is 0 Å². The number of benzene rings is 3. The number of nitrogens with one attached hydrogen (secondary N) is 1. The molecule has 0 fully saturated rings. The van der Waals surface area contributed by atoms with E-state index in [0.717, 1.165) is 21.4 Å². The monoisotopic (exact) mass is 538 g/mol. The molecule has 6 heteroatoms. The Hall–Kier alpha value is -2.57. The van der Waals surface area contributed by atoms with Crippen molar-refractivity contribution in [1.29, 1.82) is 0 Å². The summed E-state index contributed by atoms with van der Waals surface area (Å²) >= 11 is 5.10. The SMILES string of the molecule is CCNC(=O)[C@H](Cc1ccccc1)N(Cc1cccc(Br)c1)C(=O)CSCc1cccc(C)c1. The Morgan fingerprint density at radius 1 is 0.941 bits per heavy atom. The van der Waals surface area contributed by atoms with Crippen LogP contribution in [0.2, 0.25) is 0 Å². The van der Waals surface area contributed by atoms with E-state index in [1.165, 1.54) is 11.1 Å². The Labute approximate surface area is 215 Å². The molecule has 0 heterocycles. The van der Waals surface area contributed by atoms with Crippen molar-refractivity contribution in [3.63, 3.8) is 0 Å².